The Hall–Kier alpha value is -2.90. The molecule has 4 heterocycles. The second-order valence-electron chi connectivity index (χ2n) is 7.61. The van der Waals surface area contributed by atoms with Crippen molar-refractivity contribution in [1.82, 2.24) is 19.4 Å². The zero-order valence-electron chi connectivity index (χ0n) is 15.5. The smallest absolute Gasteiger partial charge is 0.276 e. The number of rotatable bonds is 2. The summed E-state index contributed by atoms with van der Waals surface area (Å²) in [5, 5.41) is 0. The van der Waals surface area contributed by atoms with E-state index >= 15 is 0 Å². The van der Waals surface area contributed by atoms with Gasteiger partial charge >= 0.3 is 0 Å². The zero-order chi connectivity index (χ0) is 19.2. The van der Waals surface area contributed by atoms with Crippen LogP contribution in [0.25, 0.3) is 0 Å². The van der Waals surface area contributed by atoms with Crippen LogP contribution in [0.5, 0.6) is 0 Å². The van der Waals surface area contributed by atoms with Gasteiger partial charge in [0, 0.05) is 56.5 Å². The largest absolute Gasteiger partial charge is 0.448 e. The van der Waals surface area contributed by atoms with Gasteiger partial charge in [0.05, 0.1) is 0 Å². The minimum Gasteiger partial charge on any atom is -0.448 e. The molecule has 0 atom stereocenters. The Morgan fingerprint density at radius 1 is 1.19 bits per heavy atom. The van der Waals surface area contributed by atoms with Gasteiger partial charge < -0.3 is 18.8 Å². The van der Waals surface area contributed by atoms with Crippen molar-refractivity contribution >= 4 is 11.8 Å². The van der Waals surface area contributed by atoms with Crippen LogP contribution in [-0.2, 0) is 7.05 Å². The lowest BCUT2D eigenvalue weighted by Crippen LogP contribution is -2.64. The first-order valence-corrected chi connectivity index (χ1v) is 9.04. The maximum atomic E-state index is 12.8. The molecule has 142 valence electrons. The number of likely N-dealkylation sites (tertiary alicyclic amines) is 2. The van der Waals surface area contributed by atoms with E-state index in [9.17, 15) is 14.4 Å². The van der Waals surface area contributed by atoms with Crippen molar-refractivity contribution in [3.63, 3.8) is 0 Å². The SMILES string of the molecule is Cc1ocnc1C(=O)N1CC2(CCCN(C(=O)c3ccn(C)c(=O)c3)C2)C1. The van der Waals surface area contributed by atoms with E-state index in [1.54, 1.807) is 36.0 Å². The Labute approximate surface area is 156 Å². The summed E-state index contributed by atoms with van der Waals surface area (Å²) in [6.07, 6.45) is 4.76. The molecule has 0 aliphatic carbocycles. The molecule has 27 heavy (non-hydrogen) atoms. The third-order valence-corrected chi connectivity index (χ3v) is 5.59. The molecule has 1 spiro atoms. The fraction of sp³-hybridized carbons (Fsp3) is 0.474. The Bertz CT molecular complexity index is 955. The molecule has 2 aromatic rings. The fourth-order valence-corrected chi connectivity index (χ4v) is 4.07. The highest BCUT2D eigenvalue weighted by atomic mass is 16.3. The summed E-state index contributed by atoms with van der Waals surface area (Å²) in [5.41, 5.74) is 0.506. The predicted octanol–water partition coefficient (Wildman–Crippen LogP) is 1.06. The van der Waals surface area contributed by atoms with Gasteiger partial charge in [-0.15, -0.1) is 0 Å². The van der Waals surface area contributed by atoms with Crippen LogP contribution in [-0.4, -0.2) is 57.3 Å². The minimum atomic E-state index is -0.198. The molecule has 2 aliphatic rings. The summed E-state index contributed by atoms with van der Waals surface area (Å²) < 4.78 is 6.56. The number of nitrogens with zero attached hydrogens (tertiary/aromatic N) is 4. The highest BCUT2D eigenvalue weighted by Crippen LogP contribution is 2.40. The summed E-state index contributed by atoms with van der Waals surface area (Å²) in [6.45, 7) is 4.21. The van der Waals surface area contributed by atoms with Crippen LogP contribution in [0.2, 0.25) is 0 Å². The maximum Gasteiger partial charge on any atom is 0.276 e. The second-order valence-corrected chi connectivity index (χ2v) is 7.61. The first-order valence-electron chi connectivity index (χ1n) is 9.04. The number of carbonyl (C=O) groups is 2. The van der Waals surface area contributed by atoms with Crippen LogP contribution in [0, 0.1) is 12.3 Å². The van der Waals surface area contributed by atoms with Crippen LogP contribution in [0.15, 0.2) is 33.9 Å². The van der Waals surface area contributed by atoms with Gasteiger partial charge in [-0.2, -0.15) is 0 Å². The standard InChI is InChI=1S/C19H22N4O4/c1-13-16(20-12-27-13)18(26)23-10-19(11-23)5-3-6-22(9-19)17(25)14-4-7-21(2)15(24)8-14/h4,7-8,12H,3,5-6,9-11H2,1-2H3. The number of carbonyl (C=O) groups excluding carboxylic acids is 2. The maximum absolute atomic E-state index is 12.8. The molecule has 4 rings (SSSR count). The van der Waals surface area contributed by atoms with E-state index in [0.29, 0.717) is 43.2 Å². The molecule has 8 nitrogen and oxygen atoms in total. The molecule has 2 amide bonds. The molecular weight excluding hydrogens is 348 g/mol. The average Bonchev–Trinajstić information content (AvgIpc) is 3.07. The van der Waals surface area contributed by atoms with Gasteiger partial charge in [0.2, 0.25) is 0 Å². The highest BCUT2D eigenvalue weighted by Gasteiger charge is 2.48. The molecular formula is C19H22N4O4. The Balaban J connectivity index is 1.44. The van der Waals surface area contributed by atoms with Crippen molar-refractivity contribution in [2.75, 3.05) is 26.2 Å². The second kappa shape index (κ2) is 6.37. The third kappa shape index (κ3) is 3.05. The fourth-order valence-electron chi connectivity index (χ4n) is 4.07. The molecule has 0 unspecified atom stereocenters. The molecule has 2 aliphatic heterocycles. The number of aromatic nitrogens is 2. The first-order chi connectivity index (χ1) is 12.9. The van der Waals surface area contributed by atoms with Crippen LogP contribution < -0.4 is 5.56 Å². The predicted molar refractivity (Wildman–Crippen MR) is 96.4 cm³/mol. The van der Waals surface area contributed by atoms with E-state index in [4.69, 9.17) is 4.42 Å². The van der Waals surface area contributed by atoms with E-state index in [2.05, 4.69) is 4.98 Å². The molecule has 0 N–H and O–H groups in total. The van der Waals surface area contributed by atoms with E-state index in [1.807, 2.05) is 0 Å². The molecule has 0 saturated carbocycles. The molecule has 0 aromatic carbocycles. The average molecular weight is 370 g/mol. The van der Waals surface area contributed by atoms with E-state index in [0.717, 1.165) is 12.8 Å². The van der Waals surface area contributed by atoms with Crippen molar-refractivity contribution < 1.29 is 14.0 Å². The van der Waals surface area contributed by atoms with Gasteiger partial charge in [-0.25, -0.2) is 4.98 Å². The lowest BCUT2D eigenvalue weighted by molar-refractivity contribution is -0.0341. The summed E-state index contributed by atoms with van der Waals surface area (Å²) >= 11 is 0. The van der Waals surface area contributed by atoms with Crippen molar-refractivity contribution in [1.29, 1.82) is 0 Å². The van der Waals surface area contributed by atoms with Gasteiger partial charge in [0.15, 0.2) is 12.1 Å². The Morgan fingerprint density at radius 2 is 1.93 bits per heavy atom. The number of hydrogen-bond donors (Lipinski definition) is 0. The van der Waals surface area contributed by atoms with Gasteiger partial charge in [-0.1, -0.05) is 0 Å². The summed E-state index contributed by atoms with van der Waals surface area (Å²) in [6, 6.07) is 3.06. The molecule has 2 aromatic heterocycles. The number of pyridine rings is 1. The van der Waals surface area contributed by atoms with Crippen molar-refractivity contribution in [2.24, 2.45) is 12.5 Å². The van der Waals surface area contributed by atoms with Crippen LogP contribution >= 0.6 is 0 Å². The quantitative estimate of drug-likeness (QED) is 0.789. The summed E-state index contributed by atoms with van der Waals surface area (Å²) in [7, 11) is 1.66. The first kappa shape index (κ1) is 17.5. The normalized spacial score (nSPS) is 18.4. The number of piperidine rings is 1. The van der Waals surface area contributed by atoms with E-state index in [-0.39, 0.29) is 22.8 Å². The minimum absolute atomic E-state index is 0.0685. The van der Waals surface area contributed by atoms with E-state index in [1.165, 1.54) is 17.0 Å². The molecule has 0 radical (unpaired) electrons. The summed E-state index contributed by atoms with van der Waals surface area (Å²) in [4.78, 5) is 44.7. The number of oxazole rings is 1. The molecule has 8 heteroatoms. The van der Waals surface area contributed by atoms with Gasteiger partial charge in [0.1, 0.15) is 5.76 Å². The van der Waals surface area contributed by atoms with Crippen LogP contribution in [0.1, 0.15) is 39.4 Å². The van der Waals surface area contributed by atoms with Gasteiger partial charge in [-0.05, 0) is 25.8 Å². The highest BCUT2D eigenvalue weighted by molar-refractivity contribution is 5.95. The van der Waals surface area contributed by atoms with Crippen molar-refractivity contribution in [3.8, 4) is 0 Å². The zero-order valence-corrected chi connectivity index (χ0v) is 15.5. The number of hydrogen-bond acceptors (Lipinski definition) is 5. The monoisotopic (exact) mass is 370 g/mol. The van der Waals surface area contributed by atoms with Crippen molar-refractivity contribution in [3.05, 3.63) is 52.1 Å². The Morgan fingerprint density at radius 3 is 2.59 bits per heavy atom. The van der Waals surface area contributed by atoms with Crippen molar-refractivity contribution in [2.45, 2.75) is 19.8 Å². The van der Waals surface area contributed by atoms with Gasteiger partial charge in [0.25, 0.3) is 17.4 Å². The topological polar surface area (TPSA) is 88.7 Å². The number of aryl methyl sites for hydroxylation is 2. The lowest BCUT2D eigenvalue weighted by Gasteiger charge is -2.54. The summed E-state index contributed by atoms with van der Waals surface area (Å²) in [5.74, 6) is 0.276. The number of amides is 2. The van der Waals surface area contributed by atoms with Crippen LogP contribution in [0.4, 0.5) is 0 Å². The van der Waals surface area contributed by atoms with E-state index < -0.39 is 0 Å². The van der Waals surface area contributed by atoms with Crippen LogP contribution in [0.3, 0.4) is 0 Å². The molecule has 2 saturated heterocycles. The third-order valence-electron chi connectivity index (χ3n) is 5.59. The Kier molecular flexibility index (Phi) is 4.13. The lowest BCUT2D eigenvalue weighted by atomic mass is 9.73. The molecule has 2 fully saturated rings. The van der Waals surface area contributed by atoms with Gasteiger partial charge in [-0.3, -0.25) is 14.4 Å². The molecule has 0 bridgehead atoms.